The smallest absolute Gasteiger partial charge is 0.358 e. The molecule has 2 rings (SSSR count). The van der Waals surface area contributed by atoms with Crippen LogP contribution in [0, 0.1) is 0 Å². The van der Waals surface area contributed by atoms with Crippen molar-refractivity contribution >= 4 is 5.97 Å². The lowest BCUT2D eigenvalue weighted by Crippen LogP contribution is -2.32. The van der Waals surface area contributed by atoms with Crippen molar-refractivity contribution in [2.24, 2.45) is 0 Å². The highest BCUT2D eigenvalue weighted by Crippen LogP contribution is 2.31. The van der Waals surface area contributed by atoms with E-state index in [0.717, 1.165) is 32.1 Å². The van der Waals surface area contributed by atoms with Gasteiger partial charge in [0, 0.05) is 0 Å². The van der Waals surface area contributed by atoms with Crippen molar-refractivity contribution in [3.05, 3.63) is 11.4 Å². The molecule has 0 atom stereocenters. The Hall–Kier alpha value is -1.43. The number of aliphatic hydroxyl groups is 1. The van der Waals surface area contributed by atoms with Gasteiger partial charge in [0.2, 0.25) is 0 Å². The highest BCUT2D eigenvalue weighted by Gasteiger charge is 2.33. The molecule has 0 aromatic carbocycles. The van der Waals surface area contributed by atoms with E-state index < -0.39 is 11.6 Å². The van der Waals surface area contributed by atoms with Crippen molar-refractivity contribution in [2.45, 2.75) is 57.6 Å². The third-order valence-corrected chi connectivity index (χ3v) is 3.51. The quantitative estimate of drug-likeness (QED) is 0.824. The van der Waals surface area contributed by atoms with Gasteiger partial charge in [-0.25, -0.2) is 9.48 Å². The van der Waals surface area contributed by atoms with E-state index in [-0.39, 0.29) is 5.69 Å². The van der Waals surface area contributed by atoms with Crippen LogP contribution in [-0.2, 0) is 13.0 Å². The lowest BCUT2D eigenvalue weighted by molar-refractivity contribution is 0.0251. The van der Waals surface area contributed by atoms with Crippen molar-refractivity contribution in [2.75, 3.05) is 0 Å². The number of hydrogen-bond acceptors (Lipinski definition) is 4. The first kappa shape index (κ1) is 13.0. The first-order chi connectivity index (χ1) is 8.56. The monoisotopic (exact) mass is 253 g/mol. The zero-order chi connectivity index (χ0) is 13.2. The average molecular weight is 253 g/mol. The van der Waals surface area contributed by atoms with Gasteiger partial charge in [-0.3, -0.25) is 0 Å². The summed E-state index contributed by atoms with van der Waals surface area (Å²) in [6.45, 7) is 2.33. The fourth-order valence-corrected chi connectivity index (χ4v) is 2.58. The summed E-state index contributed by atoms with van der Waals surface area (Å²) in [6, 6.07) is 0. The Bertz CT molecular complexity index is 436. The lowest BCUT2D eigenvalue weighted by atomic mass is 10.0. The highest BCUT2D eigenvalue weighted by atomic mass is 16.4. The summed E-state index contributed by atoms with van der Waals surface area (Å²) in [5.74, 6) is -1.05. The molecular formula is C12H19N3O3. The van der Waals surface area contributed by atoms with Gasteiger partial charge in [0.05, 0.1) is 17.8 Å². The maximum absolute atomic E-state index is 11.0. The molecule has 1 fully saturated rings. The van der Waals surface area contributed by atoms with Gasteiger partial charge in [0.1, 0.15) is 0 Å². The lowest BCUT2D eigenvalue weighted by Gasteiger charge is -2.22. The fourth-order valence-electron chi connectivity index (χ4n) is 2.58. The number of hydrogen-bond donors (Lipinski definition) is 2. The molecule has 1 aromatic heterocycles. The van der Waals surface area contributed by atoms with E-state index in [1.165, 1.54) is 0 Å². The van der Waals surface area contributed by atoms with Crippen LogP contribution >= 0.6 is 0 Å². The molecule has 100 valence electrons. The SMILES string of the molecule is CCCc1c(C(=O)O)nnn1CC1(O)CCCC1. The molecule has 0 radical (unpaired) electrons. The maximum atomic E-state index is 11.0. The predicted octanol–water partition coefficient (Wildman–Crippen LogP) is 1.23. The Balaban J connectivity index is 2.24. The molecule has 2 N–H and O–H groups in total. The number of aromatic carboxylic acids is 1. The van der Waals surface area contributed by atoms with Crippen LogP contribution in [0.1, 0.15) is 55.2 Å². The standard InChI is InChI=1S/C12H19N3O3/c1-2-5-9-10(11(16)17)13-14-15(9)8-12(18)6-3-4-7-12/h18H,2-8H2,1H3,(H,16,17). The molecule has 1 heterocycles. The first-order valence-electron chi connectivity index (χ1n) is 6.44. The number of nitrogens with zero attached hydrogens (tertiary/aromatic N) is 3. The van der Waals surface area contributed by atoms with Crippen LogP contribution in [0.15, 0.2) is 0 Å². The Morgan fingerprint density at radius 3 is 2.67 bits per heavy atom. The summed E-state index contributed by atoms with van der Waals surface area (Å²) >= 11 is 0. The summed E-state index contributed by atoms with van der Waals surface area (Å²) in [5, 5.41) is 27.0. The molecule has 1 saturated carbocycles. The van der Waals surface area contributed by atoms with Crippen molar-refractivity contribution < 1.29 is 15.0 Å². The molecule has 6 heteroatoms. The Kier molecular flexibility index (Phi) is 3.65. The molecule has 1 aromatic rings. The van der Waals surface area contributed by atoms with Crippen molar-refractivity contribution in [1.29, 1.82) is 0 Å². The minimum absolute atomic E-state index is 0.0125. The van der Waals surface area contributed by atoms with Crippen LogP contribution in [0.4, 0.5) is 0 Å². The molecule has 0 saturated heterocycles. The second kappa shape index (κ2) is 5.06. The van der Waals surface area contributed by atoms with Gasteiger partial charge in [0.15, 0.2) is 5.69 Å². The Morgan fingerprint density at radius 2 is 2.11 bits per heavy atom. The van der Waals surface area contributed by atoms with Crippen molar-refractivity contribution in [1.82, 2.24) is 15.0 Å². The molecule has 0 amide bonds. The van der Waals surface area contributed by atoms with Crippen molar-refractivity contribution in [3.8, 4) is 0 Å². The van der Waals surface area contributed by atoms with E-state index in [9.17, 15) is 9.90 Å². The predicted molar refractivity (Wildman–Crippen MR) is 64.4 cm³/mol. The van der Waals surface area contributed by atoms with E-state index in [2.05, 4.69) is 10.3 Å². The van der Waals surface area contributed by atoms with Crippen LogP contribution in [0.5, 0.6) is 0 Å². The normalized spacial score (nSPS) is 18.1. The minimum atomic E-state index is -1.05. The third-order valence-electron chi connectivity index (χ3n) is 3.51. The van der Waals surface area contributed by atoms with Gasteiger partial charge in [-0.05, 0) is 19.3 Å². The number of aromatic nitrogens is 3. The second-order valence-corrected chi connectivity index (χ2v) is 5.03. The van der Waals surface area contributed by atoms with E-state index in [1.807, 2.05) is 6.92 Å². The van der Waals surface area contributed by atoms with E-state index >= 15 is 0 Å². The first-order valence-corrected chi connectivity index (χ1v) is 6.44. The molecule has 1 aliphatic rings. The summed E-state index contributed by atoms with van der Waals surface area (Å²) in [5.41, 5.74) is -0.116. The highest BCUT2D eigenvalue weighted by molar-refractivity contribution is 5.86. The van der Waals surface area contributed by atoms with Gasteiger partial charge in [-0.1, -0.05) is 31.4 Å². The van der Waals surface area contributed by atoms with E-state index in [0.29, 0.717) is 18.7 Å². The van der Waals surface area contributed by atoms with Crippen LogP contribution < -0.4 is 0 Å². The van der Waals surface area contributed by atoms with E-state index in [1.54, 1.807) is 4.68 Å². The summed E-state index contributed by atoms with van der Waals surface area (Å²) < 4.78 is 1.57. The molecule has 0 unspecified atom stereocenters. The van der Waals surface area contributed by atoms with Crippen LogP contribution in [0.25, 0.3) is 0 Å². The molecule has 1 aliphatic carbocycles. The van der Waals surface area contributed by atoms with Crippen molar-refractivity contribution in [3.63, 3.8) is 0 Å². The average Bonchev–Trinajstić information content (AvgIpc) is 2.88. The number of rotatable bonds is 5. The summed E-state index contributed by atoms with van der Waals surface area (Å²) in [4.78, 5) is 11.0. The molecule has 0 aliphatic heterocycles. The van der Waals surface area contributed by atoms with Crippen LogP contribution in [0.2, 0.25) is 0 Å². The van der Waals surface area contributed by atoms with E-state index in [4.69, 9.17) is 5.11 Å². The third kappa shape index (κ3) is 2.53. The fraction of sp³-hybridized carbons (Fsp3) is 0.750. The zero-order valence-electron chi connectivity index (χ0n) is 10.6. The minimum Gasteiger partial charge on any atom is -0.476 e. The largest absolute Gasteiger partial charge is 0.476 e. The number of carboxylic acid groups (broad SMARTS) is 1. The summed E-state index contributed by atoms with van der Waals surface area (Å²) in [6.07, 6.45) is 4.97. The van der Waals surface area contributed by atoms with Gasteiger partial charge >= 0.3 is 5.97 Å². The number of carboxylic acids is 1. The molecule has 18 heavy (non-hydrogen) atoms. The van der Waals surface area contributed by atoms with Gasteiger partial charge in [-0.15, -0.1) is 5.10 Å². The topological polar surface area (TPSA) is 88.2 Å². The van der Waals surface area contributed by atoms with Gasteiger partial charge in [-0.2, -0.15) is 0 Å². The van der Waals surface area contributed by atoms with Gasteiger partial charge in [0.25, 0.3) is 0 Å². The zero-order valence-corrected chi connectivity index (χ0v) is 10.6. The van der Waals surface area contributed by atoms with Crippen LogP contribution in [-0.4, -0.2) is 36.8 Å². The molecule has 0 spiro atoms. The molecule has 0 bridgehead atoms. The maximum Gasteiger partial charge on any atom is 0.358 e. The number of carbonyl (C=O) groups is 1. The van der Waals surface area contributed by atoms with Gasteiger partial charge < -0.3 is 10.2 Å². The Labute approximate surface area is 106 Å². The molecular weight excluding hydrogens is 234 g/mol. The molecule has 6 nitrogen and oxygen atoms in total. The second-order valence-electron chi connectivity index (χ2n) is 5.03. The Morgan fingerprint density at radius 1 is 1.44 bits per heavy atom. The summed E-state index contributed by atoms with van der Waals surface area (Å²) in [7, 11) is 0. The van der Waals surface area contributed by atoms with Crippen LogP contribution in [0.3, 0.4) is 0 Å².